The lowest BCUT2D eigenvalue weighted by molar-refractivity contribution is 0.0996. The first-order chi connectivity index (χ1) is 14.6. The minimum atomic E-state index is -3.34. The molecule has 0 atom stereocenters. The van der Waals surface area contributed by atoms with Crippen molar-refractivity contribution < 1.29 is 18.3 Å². The molecule has 0 saturated heterocycles. The van der Waals surface area contributed by atoms with Crippen LogP contribution in [0.1, 0.15) is 54.4 Å². The number of carbonyl (C=O) groups is 1. The van der Waals surface area contributed by atoms with Gasteiger partial charge in [-0.3, -0.25) is 4.79 Å². The van der Waals surface area contributed by atoms with Gasteiger partial charge in [0.15, 0.2) is 21.3 Å². The van der Waals surface area contributed by atoms with Crippen molar-refractivity contribution in [3.8, 4) is 0 Å². The number of sulfone groups is 1. The zero-order valence-corrected chi connectivity index (χ0v) is 18.8. The Morgan fingerprint density at radius 3 is 2.42 bits per heavy atom. The van der Waals surface area contributed by atoms with Crippen LogP contribution in [0.2, 0.25) is 0 Å². The number of primary amides is 1. The third-order valence-electron chi connectivity index (χ3n) is 5.41. The lowest BCUT2D eigenvalue weighted by Gasteiger charge is -2.27. The molecule has 1 aliphatic rings. The van der Waals surface area contributed by atoms with Crippen LogP contribution in [0.3, 0.4) is 0 Å². The molecule has 2 aromatic rings. The van der Waals surface area contributed by atoms with Gasteiger partial charge in [-0.15, -0.1) is 0 Å². The Labute approximate surface area is 182 Å². The number of aliphatic hydroxyl groups is 1. The molecular formula is C21H29N5O4S. The van der Waals surface area contributed by atoms with Crippen molar-refractivity contribution >= 4 is 33.1 Å². The Morgan fingerprint density at radius 2 is 1.87 bits per heavy atom. The fourth-order valence-corrected chi connectivity index (χ4v) is 4.74. The summed E-state index contributed by atoms with van der Waals surface area (Å²) in [6, 6.07) is 4.95. The van der Waals surface area contributed by atoms with Gasteiger partial charge in [-0.2, -0.15) is 0 Å². The van der Waals surface area contributed by atoms with Crippen LogP contribution in [-0.4, -0.2) is 47.8 Å². The highest BCUT2D eigenvalue weighted by molar-refractivity contribution is 7.90. The fraction of sp³-hybridized carbons (Fsp3) is 0.476. The molecule has 1 saturated carbocycles. The number of nitrogens with two attached hydrogens (primary N) is 1. The number of nitrogens with zero attached hydrogens (tertiary/aromatic N) is 2. The van der Waals surface area contributed by atoms with Crippen LogP contribution in [-0.2, 0) is 16.3 Å². The Morgan fingerprint density at radius 1 is 1.19 bits per heavy atom. The average molecular weight is 448 g/mol. The number of aryl methyl sites for hydroxylation is 2. The van der Waals surface area contributed by atoms with Gasteiger partial charge in [-0.1, -0.05) is 6.92 Å². The first-order valence-electron chi connectivity index (χ1n) is 10.3. The van der Waals surface area contributed by atoms with Crippen LogP contribution in [0.25, 0.3) is 0 Å². The van der Waals surface area contributed by atoms with Gasteiger partial charge < -0.3 is 21.5 Å². The average Bonchev–Trinajstić information content (AvgIpc) is 2.68. The second kappa shape index (κ2) is 9.19. The van der Waals surface area contributed by atoms with Crippen molar-refractivity contribution in [2.24, 2.45) is 5.73 Å². The quantitative estimate of drug-likeness (QED) is 0.505. The van der Waals surface area contributed by atoms with E-state index in [1.54, 1.807) is 19.1 Å². The summed E-state index contributed by atoms with van der Waals surface area (Å²) in [6.07, 6.45) is 4.55. The van der Waals surface area contributed by atoms with E-state index < -0.39 is 15.7 Å². The molecule has 1 aromatic carbocycles. The Hall–Kier alpha value is -2.72. The minimum absolute atomic E-state index is 0.0197. The molecule has 1 amide bonds. The molecule has 9 nitrogen and oxygen atoms in total. The normalized spacial score (nSPS) is 19.1. The summed E-state index contributed by atoms with van der Waals surface area (Å²) in [6.45, 7) is 3.62. The summed E-state index contributed by atoms with van der Waals surface area (Å²) in [5.41, 5.74) is 7.34. The third-order valence-corrected chi connectivity index (χ3v) is 6.67. The lowest BCUT2D eigenvalue weighted by Crippen LogP contribution is -2.29. The van der Waals surface area contributed by atoms with Crippen molar-refractivity contribution in [2.75, 3.05) is 16.9 Å². The van der Waals surface area contributed by atoms with E-state index in [2.05, 4.69) is 20.6 Å². The number of rotatable bonds is 7. The topological polar surface area (TPSA) is 147 Å². The Balaban J connectivity index is 1.94. The molecule has 168 valence electrons. The second-order valence-corrected chi connectivity index (χ2v) is 9.95. The lowest BCUT2D eigenvalue weighted by atomic mass is 9.93. The maximum absolute atomic E-state index is 12.0. The Bertz CT molecular complexity index is 1080. The summed E-state index contributed by atoms with van der Waals surface area (Å²) in [4.78, 5) is 21.3. The number of aliphatic hydroxyl groups excluding tert-OH is 1. The van der Waals surface area contributed by atoms with Gasteiger partial charge in [0, 0.05) is 18.0 Å². The predicted molar refractivity (Wildman–Crippen MR) is 119 cm³/mol. The van der Waals surface area contributed by atoms with Gasteiger partial charge in [0.05, 0.1) is 16.7 Å². The number of aromatic nitrogens is 2. The van der Waals surface area contributed by atoms with Gasteiger partial charge in [-0.05, 0) is 62.8 Å². The molecule has 0 aliphatic heterocycles. The fourth-order valence-electron chi connectivity index (χ4n) is 3.78. The highest BCUT2D eigenvalue weighted by Crippen LogP contribution is 2.27. The summed E-state index contributed by atoms with van der Waals surface area (Å²) in [7, 11) is -3.34. The van der Waals surface area contributed by atoms with Gasteiger partial charge in [-0.25, -0.2) is 18.4 Å². The van der Waals surface area contributed by atoms with Crippen molar-refractivity contribution in [3.63, 3.8) is 0 Å². The second-order valence-electron chi connectivity index (χ2n) is 7.96. The number of nitrogens with one attached hydrogen (secondary N) is 2. The number of benzene rings is 1. The molecule has 0 bridgehead atoms. The Kier molecular flexibility index (Phi) is 6.80. The van der Waals surface area contributed by atoms with Crippen molar-refractivity contribution in [1.29, 1.82) is 0 Å². The molecular weight excluding hydrogens is 418 g/mol. The van der Waals surface area contributed by atoms with Crippen LogP contribution < -0.4 is 16.4 Å². The monoisotopic (exact) mass is 447 g/mol. The van der Waals surface area contributed by atoms with Crippen LogP contribution in [0, 0.1) is 6.92 Å². The number of hydrogen-bond donors (Lipinski definition) is 4. The summed E-state index contributed by atoms with van der Waals surface area (Å²) in [5, 5.41) is 16.2. The van der Waals surface area contributed by atoms with E-state index in [-0.39, 0.29) is 28.6 Å². The van der Waals surface area contributed by atoms with Gasteiger partial charge in [0.2, 0.25) is 0 Å². The van der Waals surface area contributed by atoms with E-state index >= 15 is 0 Å². The molecule has 0 spiro atoms. The number of amides is 1. The van der Waals surface area contributed by atoms with Crippen LogP contribution in [0.4, 0.5) is 17.3 Å². The molecule has 31 heavy (non-hydrogen) atoms. The number of hydrogen-bond acceptors (Lipinski definition) is 8. The molecule has 1 aromatic heterocycles. The molecule has 1 heterocycles. The van der Waals surface area contributed by atoms with E-state index in [4.69, 9.17) is 5.73 Å². The van der Waals surface area contributed by atoms with E-state index in [0.717, 1.165) is 31.9 Å². The SMILES string of the molecule is CCc1nc(C(N)=O)c(Nc2ccc(S(C)(=O)=O)c(C)c2)nc1NC1CCC(O)CC1. The molecule has 0 unspecified atom stereocenters. The van der Waals surface area contributed by atoms with E-state index in [0.29, 0.717) is 29.2 Å². The summed E-state index contributed by atoms with van der Waals surface area (Å²) >= 11 is 0. The molecule has 10 heteroatoms. The van der Waals surface area contributed by atoms with E-state index in [1.165, 1.54) is 6.07 Å². The van der Waals surface area contributed by atoms with Gasteiger partial charge in [0.1, 0.15) is 5.82 Å². The molecule has 5 N–H and O–H groups in total. The van der Waals surface area contributed by atoms with Gasteiger partial charge in [0.25, 0.3) is 5.91 Å². The van der Waals surface area contributed by atoms with Crippen molar-refractivity contribution in [1.82, 2.24) is 9.97 Å². The van der Waals surface area contributed by atoms with Crippen molar-refractivity contribution in [3.05, 3.63) is 35.2 Å². The number of carbonyl (C=O) groups excluding carboxylic acids is 1. The molecule has 3 rings (SSSR count). The van der Waals surface area contributed by atoms with Crippen LogP contribution >= 0.6 is 0 Å². The maximum Gasteiger partial charge on any atom is 0.271 e. The minimum Gasteiger partial charge on any atom is -0.393 e. The van der Waals surface area contributed by atoms with Crippen LogP contribution in [0.15, 0.2) is 23.1 Å². The third kappa shape index (κ3) is 5.50. The zero-order chi connectivity index (χ0) is 22.8. The van der Waals surface area contributed by atoms with Crippen molar-refractivity contribution in [2.45, 2.75) is 63.0 Å². The largest absolute Gasteiger partial charge is 0.393 e. The smallest absolute Gasteiger partial charge is 0.271 e. The van der Waals surface area contributed by atoms with Crippen LogP contribution in [0.5, 0.6) is 0 Å². The maximum atomic E-state index is 12.0. The number of anilines is 3. The zero-order valence-electron chi connectivity index (χ0n) is 18.0. The molecule has 1 fully saturated rings. The standard InChI is InChI=1S/C21H29N5O4S/c1-4-16-20(23-13-5-8-15(27)9-6-13)26-21(18(25-16)19(22)28)24-14-7-10-17(12(2)11-14)31(3,29)30/h7,10-11,13,15,27H,4-6,8-9H2,1-3H3,(H2,22,28)(H2,23,24,26). The first-order valence-corrected chi connectivity index (χ1v) is 12.2. The molecule has 0 radical (unpaired) electrons. The van der Waals surface area contributed by atoms with E-state index in [9.17, 15) is 18.3 Å². The van der Waals surface area contributed by atoms with Gasteiger partial charge >= 0.3 is 0 Å². The summed E-state index contributed by atoms with van der Waals surface area (Å²) < 4.78 is 23.7. The predicted octanol–water partition coefficient (Wildman–Crippen LogP) is 2.31. The highest BCUT2D eigenvalue weighted by Gasteiger charge is 2.23. The highest BCUT2D eigenvalue weighted by atomic mass is 32.2. The molecule has 1 aliphatic carbocycles. The first kappa shape index (κ1) is 23.0. The van der Waals surface area contributed by atoms with E-state index in [1.807, 2.05) is 6.92 Å². The summed E-state index contributed by atoms with van der Waals surface area (Å²) in [5.74, 6) is 0.0666.